The first-order chi connectivity index (χ1) is 11.0. The van der Waals surface area contributed by atoms with Gasteiger partial charge in [-0.3, -0.25) is 4.79 Å². The van der Waals surface area contributed by atoms with Crippen LogP contribution in [0.1, 0.15) is 31.2 Å². The molecule has 5 nitrogen and oxygen atoms in total. The number of hydrogen-bond donors (Lipinski definition) is 2. The molecule has 1 saturated carbocycles. The van der Waals surface area contributed by atoms with Gasteiger partial charge in [-0.05, 0) is 31.4 Å². The molecule has 1 aromatic carbocycles. The number of aliphatic hydroxyl groups is 1. The Bertz CT molecular complexity index is 551. The van der Waals surface area contributed by atoms with Gasteiger partial charge in [0.15, 0.2) is 0 Å². The number of likely N-dealkylation sites (tertiary alicyclic amines) is 1. The molecule has 3 rings (SSSR count). The smallest absolute Gasteiger partial charge is 0.225 e. The Morgan fingerprint density at radius 2 is 1.92 bits per heavy atom. The van der Waals surface area contributed by atoms with Gasteiger partial charge in [0.1, 0.15) is 11.9 Å². The van der Waals surface area contributed by atoms with Crippen molar-refractivity contribution in [3.05, 3.63) is 29.8 Å². The highest BCUT2D eigenvalue weighted by Gasteiger charge is 2.37. The average molecular weight is 355 g/mol. The number of hydrogen-bond acceptors (Lipinski definition) is 4. The van der Waals surface area contributed by atoms with Crippen LogP contribution in [0.2, 0.25) is 0 Å². The number of nitrogens with two attached hydrogens (primary N) is 1. The molecule has 3 N–H and O–H groups in total. The molecule has 0 unspecified atom stereocenters. The molecule has 0 bridgehead atoms. The number of halogens is 1. The molecule has 1 heterocycles. The van der Waals surface area contributed by atoms with Gasteiger partial charge in [-0.1, -0.05) is 18.2 Å². The van der Waals surface area contributed by atoms with E-state index in [1.807, 2.05) is 36.1 Å². The third-order valence-electron chi connectivity index (χ3n) is 5.07. The van der Waals surface area contributed by atoms with Crippen molar-refractivity contribution in [3.8, 4) is 5.75 Å². The maximum Gasteiger partial charge on any atom is 0.225 e. The van der Waals surface area contributed by atoms with Crippen molar-refractivity contribution in [1.29, 1.82) is 0 Å². The molecule has 1 aliphatic carbocycles. The Hall–Kier alpha value is -1.30. The van der Waals surface area contributed by atoms with E-state index < -0.39 is 6.10 Å². The van der Waals surface area contributed by atoms with E-state index in [0.29, 0.717) is 12.8 Å². The summed E-state index contributed by atoms with van der Waals surface area (Å²) in [5.74, 6) is 0.961. The predicted octanol–water partition coefficient (Wildman–Crippen LogP) is 1.88. The van der Waals surface area contributed by atoms with Crippen molar-refractivity contribution >= 4 is 18.3 Å². The summed E-state index contributed by atoms with van der Waals surface area (Å²) >= 11 is 0. The summed E-state index contributed by atoms with van der Waals surface area (Å²) in [5.41, 5.74) is 6.96. The van der Waals surface area contributed by atoms with Crippen LogP contribution in [0.4, 0.5) is 0 Å². The number of carbonyl (C=O) groups is 1. The number of aliphatic hydroxyl groups excluding tert-OH is 1. The minimum absolute atomic E-state index is 0. The molecule has 134 valence electrons. The van der Waals surface area contributed by atoms with Gasteiger partial charge in [-0.15, -0.1) is 12.4 Å². The first kappa shape index (κ1) is 19.0. The van der Waals surface area contributed by atoms with E-state index in [2.05, 4.69) is 0 Å². The Labute approximate surface area is 149 Å². The zero-order chi connectivity index (χ0) is 16.4. The molecule has 0 radical (unpaired) electrons. The third-order valence-corrected chi connectivity index (χ3v) is 5.07. The molecular weight excluding hydrogens is 328 g/mol. The van der Waals surface area contributed by atoms with Gasteiger partial charge in [-0.25, -0.2) is 0 Å². The first-order valence-corrected chi connectivity index (χ1v) is 8.49. The molecule has 1 saturated heterocycles. The monoisotopic (exact) mass is 354 g/mol. The standard InChI is InChI=1S/C18H26N2O3.ClH/c1-12-4-2-3-5-17(12)23-14-6-8-20(9-7-14)18(22)13-10-15(19)16(21)11-13;/h2-5,13-16,21H,6-11,19H2,1H3;1H/t13-,15-,16-;/m0./s1. The molecule has 2 fully saturated rings. The van der Waals surface area contributed by atoms with E-state index in [1.54, 1.807) is 0 Å². The second kappa shape index (κ2) is 8.19. The van der Waals surface area contributed by atoms with Gasteiger partial charge < -0.3 is 20.5 Å². The van der Waals surface area contributed by atoms with E-state index in [4.69, 9.17) is 10.5 Å². The van der Waals surface area contributed by atoms with Crippen molar-refractivity contribution in [2.24, 2.45) is 11.7 Å². The van der Waals surface area contributed by atoms with Crippen LogP contribution < -0.4 is 10.5 Å². The number of piperidine rings is 1. The molecular formula is C18H27ClN2O3. The van der Waals surface area contributed by atoms with Crippen molar-refractivity contribution in [3.63, 3.8) is 0 Å². The van der Waals surface area contributed by atoms with E-state index >= 15 is 0 Å². The van der Waals surface area contributed by atoms with Crippen LogP contribution in [0.15, 0.2) is 24.3 Å². The number of rotatable bonds is 3. The fourth-order valence-corrected chi connectivity index (χ4v) is 3.57. The molecule has 6 heteroatoms. The van der Waals surface area contributed by atoms with Crippen LogP contribution in [0.3, 0.4) is 0 Å². The molecule has 1 amide bonds. The van der Waals surface area contributed by atoms with Crippen LogP contribution >= 0.6 is 12.4 Å². The van der Waals surface area contributed by atoms with E-state index in [-0.39, 0.29) is 36.4 Å². The third kappa shape index (κ3) is 4.21. The lowest BCUT2D eigenvalue weighted by Gasteiger charge is -2.34. The highest BCUT2D eigenvalue weighted by molar-refractivity contribution is 5.85. The second-order valence-corrected chi connectivity index (χ2v) is 6.81. The molecule has 2 aliphatic rings. The van der Waals surface area contributed by atoms with Crippen molar-refractivity contribution in [2.75, 3.05) is 13.1 Å². The van der Waals surface area contributed by atoms with Crippen LogP contribution in [-0.4, -0.2) is 47.3 Å². The summed E-state index contributed by atoms with van der Waals surface area (Å²) in [4.78, 5) is 14.4. The maximum absolute atomic E-state index is 12.5. The number of amides is 1. The molecule has 3 atom stereocenters. The van der Waals surface area contributed by atoms with Gasteiger partial charge in [0, 0.05) is 37.9 Å². The largest absolute Gasteiger partial charge is 0.490 e. The topological polar surface area (TPSA) is 75.8 Å². The zero-order valence-electron chi connectivity index (χ0n) is 14.1. The quantitative estimate of drug-likeness (QED) is 0.869. The number of para-hydroxylation sites is 1. The summed E-state index contributed by atoms with van der Waals surface area (Å²) < 4.78 is 6.08. The molecule has 24 heavy (non-hydrogen) atoms. The number of aryl methyl sites for hydroxylation is 1. The Morgan fingerprint density at radius 3 is 2.50 bits per heavy atom. The van der Waals surface area contributed by atoms with Crippen LogP contribution in [0, 0.1) is 12.8 Å². The number of benzene rings is 1. The highest BCUT2D eigenvalue weighted by Crippen LogP contribution is 2.28. The first-order valence-electron chi connectivity index (χ1n) is 8.49. The van der Waals surface area contributed by atoms with Gasteiger partial charge >= 0.3 is 0 Å². The van der Waals surface area contributed by atoms with Crippen LogP contribution in [0.5, 0.6) is 5.75 Å². The summed E-state index contributed by atoms with van der Waals surface area (Å²) in [6.45, 7) is 3.48. The Kier molecular flexibility index (Phi) is 6.49. The summed E-state index contributed by atoms with van der Waals surface area (Å²) in [6, 6.07) is 7.77. The molecule has 1 aromatic rings. The van der Waals surface area contributed by atoms with Gasteiger partial charge in [-0.2, -0.15) is 0 Å². The SMILES string of the molecule is Cc1ccccc1OC1CCN(C(=O)[C@H]2C[C@H](N)[C@@H](O)C2)CC1.Cl. The molecule has 0 aromatic heterocycles. The average Bonchev–Trinajstić information content (AvgIpc) is 2.89. The van der Waals surface area contributed by atoms with Crippen molar-refractivity contribution < 1.29 is 14.6 Å². The van der Waals surface area contributed by atoms with Crippen LogP contribution in [-0.2, 0) is 4.79 Å². The number of nitrogens with zero attached hydrogens (tertiary/aromatic N) is 1. The fraction of sp³-hybridized carbons (Fsp3) is 0.611. The maximum atomic E-state index is 12.5. The fourth-order valence-electron chi connectivity index (χ4n) is 3.57. The van der Waals surface area contributed by atoms with Gasteiger partial charge in [0.05, 0.1) is 6.10 Å². The Morgan fingerprint density at radius 1 is 1.25 bits per heavy atom. The summed E-state index contributed by atoms with van der Waals surface area (Å²) in [5, 5.41) is 9.73. The highest BCUT2D eigenvalue weighted by atomic mass is 35.5. The van der Waals surface area contributed by atoms with Gasteiger partial charge in [0.2, 0.25) is 5.91 Å². The summed E-state index contributed by atoms with van der Waals surface area (Å²) in [6.07, 6.45) is 2.42. The zero-order valence-corrected chi connectivity index (χ0v) is 14.9. The number of ether oxygens (including phenoxy) is 1. The van der Waals surface area contributed by atoms with E-state index in [1.165, 1.54) is 0 Å². The minimum Gasteiger partial charge on any atom is -0.490 e. The second-order valence-electron chi connectivity index (χ2n) is 6.81. The lowest BCUT2D eigenvalue weighted by atomic mass is 10.0. The van der Waals surface area contributed by atoms with Gasteiger partial charge in [0.25, 0.3) is 0 Å². The van der Waals surface area contributed by atoms with Crippen LogP contribution in [0.25, 0.3) is 0 Å². The molecule has 1 aliphatic heterocycles. The van der Waals surface area contributed by atoms with Crippen molar-refractivity contribution in [1.82, 2.24) is 4.90 Å². The minimum atomic E-state index is -0.536. The van der Waals surface area contributed by atoms with Crippen molar-refractivity contribution in [2.45, 2.75) is 50.9 Å². The predicted molar refractivity (Wildman–Crippen MR) is 95.4 cm³/mol. The lowest BCUT2D eigenvalue weighted by molar-refractivity contribution is -0.137. The van der Waals surface area contributed by atoms with E-state index in [9.17, 15) is 9.90 Å². The Balaban J connectivity index is 0.00000208. The summed E-state index contributed by atoms with van der Waals surface area (Å²) in [7, 11) is 0. The van der Waals surface area contributed by atoms with E-state index in [0.717, 1.165) is 37.2 Å². The number of carbonyl (C=O) groups excluding carboxylic acids is 1. The lowest BCUT2D eigenvalue weighted by Crippen LogP contribution is -2.44. The molecule has 0 spiro atoms. The normalized spacial score (nSPS) is 27.6.